The quantitative estimate of drug-likeness (QED) is 0.672. The lowest BCUT2D eigenvalue weighted by atomic mass is 10.1. The highest BCUT2D eigenvalue weighted by Crippen LogP contribution is 2.29. The van der Waals surface area contributed by atoms with Crippen LogP contribution in [-0.4, -0.2) is 52.2 Å². The van der Waals surface area contributed by atoms with Crippen LogP contribution >= 0.6 is 11.6 Å². The summed E-state index contributed by atoms with van der Waals surface area (Å²) in [6.07, 6.45) is 2.43. The molecule has 0 saturated carbocycles. The molecule has 3 heterocycles. The number of hydrogen-bond acceptors (Lipinski definition) is 6. The lowest BCUT2D eigenvalue weighted by molar-refractivity contribution is 0.0746. The molecule has 0 unspecified atom stereocenters. The predicted octanol–water partition coefficient (Wildman–Crippen LogP) is 3.31. The van der Waals surface area contributed by atoms with Crippen LogP contribution in [0.4, 0.5) is 5.82 Å². The fraction of sp³-hybridized carbons (Fsp3) is 0.300. The molecule has 1 aliphatic rings. The number of carbonyl (C=O) groups is 1. The Morgan fingerprint density at radius 1 is 1.11 bits per heavy atom. The third-order valence-corrected chi connectivity index (χ3v) is 5.09. The van der Waals surface area contributed by atoms with E-state index in [1.54, 1.807) is 18.3 Å². The number of aromatic nitrogens is 3. The third kappa shape index (κ3) is 3.57. The molecule has 0 aliphatic carbocycles. The van der Waals surface area contributed by atoms with Crippen LogP contribution in [0.3, 0.4) is 0 Å². The maximum absolute atomic E-state index is 12.8. The summed E-state index contributed by atoms with van der Waals surface area (Å²) in [6, 6.07) is 10.9. The first-order valence-corrected chi connectivity index (χ1v) is 9.61. The minimum absolute atomic E-state index is 0.0454. The molecule has 2 aromatic heterocycles. The van der Waals surface area contributed by atoms with Gasteiger partial charge in [0, 0.05) is 38.8 Å². The Bertz CT molecular complexity index is 982. The van der Waals surface area contributed by atoms with Crippen LogP contribution in [0.5, 0.6) is 0 Å². The maximum Gasteiger partial charge on any atom is 0.255 e. The molecule has 28 heavy (non-hydrogen) atoms. The van der Waals surface area contributed by atoms with Crippen LogP contribution in [0.1, 0.15) is 23.2 Å². The Kier molecular flexibility index (Phi) is 5.25. The molecule has 144 valence electrons. The van der Waals surface area contributed by atoms with Gasteiger partial charge in [0.05, 0.1) is 16.1 Å². The second-order valence-corrected chi connectivity index (χ2v) is 6.90. The van der Waals surface area contributed by atoms with Gasteiger partial charge in [0.15, 0.2) is 0 Å². The van der Waals surface area contributed by atoms with Crippen LogP contribution in [0.15, 0.2) is 47.0 Å². The van der Waals surface area contributed by atoms with Gasteiger partial charge >= 0.3 is 0 Å². The topological polar surface area (TPSA) is 75.4 Å². The first kappa shape index (κ1) is 18.4. The Morgan fingerprint density at radius 3 is 2.61 bits per heavy atom. The highest BCUT2D eigenvalue weighted by atomic mass is 35.5. The van der Waals surface area contributed by atoms with E-state index in [0.29, 0.717) is 55.0 Å². The molecule has 1 aliphatic heterocycles. The number of halogens is 1. The zero-order valence-electron chi connectivity index (χ0n) is 15.5. The first-order valence-electron chi connectivity index (χ1n) is 9.24. The molecule has 0 radical (unpaired) electrons. The van der Waals surface area contributed by atoms with E-state index in [4.69, 9.17) is 16.0 Å². The minimum atomic E-state index is -0.0454. The average molecular weight is 398 g/mol. The number of anilines is 1. The fourth-order valence-corrected chi connectivity index (χ4v) is 3.46. The van der Waals surface area contributed by atoms with Crippen molar-refractivity contribution in [3.63, 3.8) is 0 Å². The number of carbonyl (C=O) groups excluding carboxylic acids is 1. The summed E-state index contributed by atoms with van der Waals surface area (Å²) in [5.74, 6) is 1.81. The summed E-state index contributed by atoms with van der Waals surface area (Å²) in [6.45, 7) is 4.47. The van der Waals surface area contributed by atoms with E-state index in [9.17, 15) is 4.79 Å². The molecule has 1 aromatic carbocycles. The van der Waals surface area contributed by atoms with Gasteiger partial charge in [-0.1, -0.05) is 30.7 Å². The summed E-state index contributed by atoms with van der Waals surface area (Å²) in [5, 5.41) is 8.67. The van der Waals surface area contributed by atoms with Gasteiger partial charge in [-0.25, -0.2) is 4.98 Å². The molecule has 8 heteroatoms. The minimum Gasteiger partial charge on any atom is -0.421 e. The van der Waals surface area contributed by atoms with Gasteiger partial charge in [-0.05, 0) is 24.3 Å². The molecule has 1 fully saturated rings. The standard InChI is InChI=1S/C20H20ClN5O2/c1-2-17-23-24-19(28-17)15-7-5-9-22-18(15)25-10-12-26(13-11-25)20(27)14-6-3-4-8-16(14)21/h3-9H,2,10-13H2,1H3. The molecular weight excluding hydrogens is 378 g/mol. The summed E-state index contributed by atoms with van der Waals surface area (Å²) in [5.41, 5.74) is 1.34. The van der Waals surface area contributed by atoms with Crippen molar-refractivity contribution in [1.29, 1.82) is 0 Å². The van der Waals surface area contributed by atoms with Crippen molar-refractivity contribution in [1.82, 2.24) is 20.1 Å². The summed E-state index contributed by atoms with van der Waals surface area (Å²) < 4.78 is 5.71. The van der Waals surface area contributed by atoms with Crippen molar-refractivity contribution in [2.45, 2.75) is 13.3 Å². The van der Waals surface area contributed by atoms with E-state index in [2.05, 4.69) is 20.1 Å². The lowest BCUT2D eigenvalue weighted by Crippen LogP contribution is -2.49. The average Bonchev–Trinajstić information content (AvgIpc) is 3.23. The van der Waals surface area contributed by atoms with E-state index in [-0.39, 0.29) is 5.91 Å². The number of nitrogens with zero attached hydrogens (tertiary/aromatic N) is 5. The monoisotopic (exact) mass is 397 g/mol. The molecule has 0 spiro atoms. The zero-order valence-corrected chi connectivity index (χ0v) is 16.3. The van der Waals surface area contributed by atoms with Crippen LogP contribution in [0.2, 0.25) is 5.02 Å². The summed E-state index contributed by atoms with van der Waals surface area (Å²) >= 11 is 6.17. The Balaban J connectivity index is 1.50. The van der Waals surface area contributed by atoms with Crippen molar-refractivity contribution >= 4 is 23.3 Å². The number of benzene rings is 1. The van der Waals surface area contributed by atoms with Gasteiger partial charge in [0.1, 0.15) is 5.82 Å². The van der Waals surface area contributed by atoms with Gasteiger partial charge in [-0.15, -0.1) is 10.2 Å². The van der Waals surface area contributed by atoms with Gasteiger partial charge < -0.3 is 14.2 Å². The number of piperazine rings is 1. The summed E-state index contributed by atoms with van der Waals surface area (Å²) in [4.78, 5) is 21.3. The van der Waals surface area contributed by atoms with E-state index in [1.807, 2.05) is 36.1 Å². The third-order valence-electron chi connectivity index (χ3n) is 4.76. The molecule has 1 amide bonds. The number of hydrogen-bond donors (Lipinski definition) is 0. The van der Waals surface area contributed by atoms with E-state index in [0.717, 1.165) is 11.4 Å². The van der Waals surface area contributed by atoms with Crippen LogP contribution in [0.25, 0.3) is 11.5 Å². The van der Waals surface area contributed by atoms with E-state index in [1.165, 1.54) is 0 Å². The highest BCUT2D eigenvalue weighted by Gasteiger charge is 2.26. The van der Waals surface area contributed by atoms with Gasteiger partial charge in [-0.3, -0.25) is 4.79 Å². The van der Waals surface area contributed by atoms with Crippen LogP contribution < -0.4 is 4.90 Å². The molecular formula is C20H20ClN5O2. The van der Waals surface area contributed by atoms with Gasteiger partial charge in [0.2, 0.25) is 5.89 Å². The molecule has 3 aromatic rings. The van der Waals surface area contributed by atoms with Crippen LogP contribution in [-0.2, 0) is 6.42 Å². The van der Waals surface area contributed by atoms with Gasteiger partial charge in [0.25, 0.3) is 11.8 Å². The summed E-state index contributed by atoms with van der Waals surface area (Å²) in [7, 11) is 0. The molecule has 0 N–H and O–H groups in total. The largest absolute Gasteiger partial charge is 0.421 e. The first-order chi connectivity index (χ1) is 13.7. The van der Waals surface area contributed by atoms with Gasteiger partial charge in [-0.2, -0.15) is 0 Å². The van der Waals surface area contributed by atoms with Crippen molar-refractivity contribution in [3.8, 4) is 11.5 Å². The molecule has 0 bridgehead atoms. The fourth-order valence-electron chi connectivity index (χ4n) is 3.25. The second kappa shape index (κ2) is 7.98. The Morgan fingerprint density at radius 2 is 1.89 bits per heavy atom. The number of rotatable bonds is 4. The SMILES string of the molecule is CCc1nnc(-c2cccnc2N2CCN(C(=O)c3ccccc3Cl)CC2)o1. The van der Waals surface area contributed by atoms with Crippen molar-refractivity contribution in [3.05, 3.63) is 59.1 Å². The normalized spacial score (nSPS) is 14.4. The molecule has 7 nitrogen and oxygen atoms in total. The lowest BCUT2D eigenvalue weighted by Gasteiger charge is -2.36. The van der Waals surface area contributed by atoms with Crippen molar-refractivity contribution in [2.24, 2.45) is 0 Å². The van der Waals surface area contributed by atoms with Crippen LogP contribution in [0, 0.1) is 0 Å². The smallest absolute Gasteiger partial charge is 0.255 e. The predicted molar refractivity (Wildman–Crippen MR) is 106 cm³/mol. The number of aryl methyl sites for hydroxylation is 1. The molecule has 4 rings (SSSR count). The van der Waals surface area contributed by atoms with Crippen molar-refractivity contribution in [2.75, 3.05) is 31.1 Å². The molecule has 1 saturated heterocycles. The highest BCUT2D eigenvalue weighted by molar-refractivity contribution is 6.33. The number of pyridine rings is 1. The number of amides is 1. The Labute approximate surface area is 168 Å². The Hall–Kier alpha value is -2.93. The second-order valence-electron chi connectivity index (χ2n) is 6.49. The maximum atomic E-state index is 12.8. The zero-order chi connectivity index (χ0) is 19.5. The molecule has 0 atom stereocenters. The van der Waals surface area contributed by atoms with E-state index >= 15 is 0 Å². The van der Waals surface area contributed by atoms with Crippen molar-refractivity contribution < 1.29 is 9.21 Å². The van der Waals surface area contributed by atoms with E-state index < -0.39 is 0 Å².